The molecule has 20 heavy (non-hydrogen) atoms. The van der Waals surface area contributed by atoms with Crippen molar-refractivity contribution in [1.82, 2.24) is 4.90 Å². The van der Waals surface area contributed by atoms with Gasteiger partial charge in [0.25, 0.3) is 0 Å². The summed E-state index contributed by atoms with van der Waals surface area (Å²) in [6.45, 7) is 11.4. The number of carbonyl (C=O) groups excluding carboxylic acids is 1. The molecule has 2 heterocycles. The molecule has 1 aromatic heterocycles. The van der Waals surface area contributed by atoms with Gasteiger partial charge in [0, 0.05) is 17.0 Å². The minimum Gasteiger partial charge on any atom is -0.463 e. The SMILES string of the molecule is Cc1cc(C2SCC(=O)N2CCSC(C)(C)C)oc1C. The Bertz CT molecular complexity index is 471. The van der Waals surface area contributed by atoms with Crippen molar-refractivity contribution < 1.29 is 9.21 Å². The van der Waals surface area contributed by atoms with Crippen molar-refractivity contribution in [1.29, 1.82) is 0 Å². The third-order valence-corrected chi connectivity index (χ3v) is 5.73. The summed E-state index contributed by atoms with van der Waals surface area (Å²) < 4.78 is 6.04. The molecule has 1 amide bonds. The molecule has 0 spiro atoms. The van der Waals surface area contributed by atoms with Crippen molar-refractivity contribution >= 4 is 29.4 Å². The summed E-state index contributed by atoms with van der Waals surface area (Å²) in [5.74, 6) is 3.61. The fourth-order valence-electron chi connectivity index (χ4n) is 2.11. The van der Waals surface area contributed by atoms with Crippen LogP contribution in [0.1, 0.15) is 43.2 Å². The van der Waals surface area contributed by atoms with Crippen molar-refractivity contribution in [2.24, 2.45) is 0 Å². The van der Waals surface area contributed by atoms with Gasteiger partial charge in [0.15, 0.2) is 0 Å². The van der Waals surface area contributed by atoms with Crippen molar-refractivity contribution in [3.8, 4) is 0 Å². The Hall–Kier alpha value is -0.550. The maximum atomic E-state index is 12.1. The van der Waals surface area contributed by atoms with Gasteiger partial charge in [-0.05, 0) is 25.5 Å². The fraction of sp³-hybridized carbons (Fsp3) is 0.667. The lowest BCUT2D eigenvalue weighted by molar-refractivity contribution is -0.128. The van der Waals surface area contributed by atoms with Crippen LogP contribution in [0.4, 0.5) is 0 Å². The van der Waals surface area contributed by atoms with Gasteiger partial charge in [-0.2, -0.15) is 11.8 Å². The van der Waals surface area contributed by atoms with Crippen LogP contribution in [0, 0.1) is 13.8 Å². The molecule has 0 aromatic carbocycles. The summed E-state index contributed by atoms with van der Waals surface area (Å²) in [5, 5.41) is 0.0514. The van der Waals surface area contributed by atoms with Crippen LogP contribution >= 0.6 is 23.5 Å². The van der Waals surface area contributed by atoms with E-state index in [-0.39, 0.29) is 16.0 Å². The van der Waals surface area contributed by atoms with E-state index in [4.69, 9.17) is 4.42 Å². The zero-order chi connectivity index (χ0) is 14.9. The van der Waals surface area contributed by atoms with Crippen LogP contribution in [-0.2, 0) is 4.79 Å². The number of thioether (sulfide) groups is 2. The van der Waals surface area contributed by atoms with E-state index >= 15 is 0 Å². The summed E-state index contributed by atoms with van der Waals surface area (Å²) in [6, 6.07) is 2.06. The fourth-order valence-corrected chi connectivity index (χ4v) is 4.16. The van der Waals surface area contributed by atoms with E-state index in [1.807, 2.05) is 30.5 Å². The average molecular weight is 313 g/mol. The third-order valence-electron chi connectivity index (χ3n) is 3.26. The number of amides is 1. The van der Waals surface area contributed by atoms with Crippen LogP contribution in [0.25, 0.3) is 0 Å². The smallest absolute Gasteiger partial charge is 0.233 e. The quantitative estimate of drug-likeness (QED) is 0.841. The molecule has 0 N–H and O–H groups in total. The molecule has 1 fully saturated rings. The maximum absolute atomic E-state index is 12.1. The lowest BCUT2D eigenvalue weighted by atomic mass is 10.3. The Morgan fingerprint density at radius 1 is 1.45 bits per heavy atom. The van der Waals surface area contributed by atoms with E-state index in [1.165, 1.54) is 0 Å². The van der Waals surface area contributed by atoms with Gasteiger partial charge in [-0.3, -0.25) is 4.79 Å². The Labute approximate surface area is 129 Å². The second kappa shape index (κ2) is 6.06. The summed E-state index contributed by atoms with van der Waals surface area (Å²) in [7, 11) is 0. The van der Waals surface area contributed by atoms with Crippen LogP contribution in [0.5, 0.6) is 0 Å². The first-order valence-corrected chi connectivity index (χ1v) is 8.93. The van der Waals surface area contributed by atoms with E-state index in [2.05, 4.69) is 26.8 Å². The van der Waals surface area contributed by atoms with Crippen molar-refractivity contribution in [2.45, 2.75) is 44.7 Å². The Balaban J connectivity index is 2.03. The minimum absolute atomic E-state index is 0.0514. The highest BCUT2D eigenvalue weighted by Crippen LogP contribution is 2.40. The molecule has 3 nitrogen and oxygen atoms in total. The summed E-state index contributed by atoms with van der Waals surface area (Å²) >= 11 is 3.56. The number of rotatable bonds is 4. The highest BCUT2D eigenvalue weighted by molar-refractivity contribution is 8.01. The molecule has 1 saturated heterocycles. The number of aryl methyl sites for hydroxylation is 2. The van der Waals surface area contributed by atoms with Gasteiger partial charge < -0.3 is 9.32 Å². The van der Waals surface area contributed by atoms with E-state index in [1.54, 1.807) is 11.8 Å². The molecule has 1 unspecified atom stereocenters. The van der Waals surface area contributed by atoms with Crippen molar-refractivity contribution in [3.05, 3.63) is 23.2 Å². The molecule has 112 valence electrons. The van der Waals surface area contributed by atoms with Gasteiger partial charge in [0.1, 0.15) is 16.9 Å². The standard InChI is InChI=1S/C15H23NO2S2/c1-10-8-12(18-11(10)2)14-16(13(17)9-19-14)6-7-20-15(3,4)5/h8,14H,6-7,9H2,1-5H3. The number of hydrogen-bond acceptors (Lipinski definition) is 4. The highest BCUT2D eigenvalue weighted by atomic mass is 32.2. The topological polar surface area (TPSA) is 33.5 Å². The molecule has 1 aliphatic heterocycles. The number of carbonyl (C=O) groups is 1. The van der Waals surface area contributed by atoms with Gasteiger partial charge in [-0.1, -0.05) is 20.8 Å². The van der Waals surface area contributed by atoms with Gasteiger partial charge in [0.05, 0.1) is 5.75 Å². The molecule has 5 heteroatoms. The first-order chi connectivity index (χ1) is 9.28. The minimum atomic E-state index is 0.0514. The van der Waals surface area contributed by atoms with Crippen molar-refractivity contribution in [2.75, 3.05) is 18.1 Å². The summed E-state index contributed by atoms with van der Waals surface area (Å²) in [6.07, 6.45) is 0. The summed E-state index contributed by atoms with van der Waals surface area (Å²) in [5.41, 5.74) is 1.16. The predicted octanol–water partition coefficient (Wildman–Crippen LogP) is 4.00. The van der Waals surface area contributed by atoms with Crippen LogP contribution in [0.3, 0.4) is 0 Å². The molecule has 2 rings (SSSR count). The first-order valence-electron chi connectivity index (χ1n) is 6.90. The Morgan fingerprint density at radius 3 is 2.70 bits per heavy atom. The second-order valence-corrected chi connectivity index (χ2v) is 9.09. The Morgan fingerprint density at radius 2 is 2.15 bits per heavy atom. The third kappa shape index (κ3) is 3.76. The Kier molecular flexibility index (Phi) is 4.80. The molecule has 1 aromatic rings. The lowest BCUT2D eigenvalue weighted by Crippen LogP contribution is -2.31. The number of nitrogens with zero attached hydrogens (tertiary/aromatic N) is 1. The molecular formula is C15H23NO2S2. The van der Waals surface area contributed by atoms with Gasteiger partial charge >= 0.3 is 0 Å². The molecule has 0 bridgehead atoms. The lowest BCUT2D eigenvalue weighted by Gasteiger charge is -2.24. The molecule has 0 aliphatic carbocycles. The maximum Gasteiger partial charge on any atom is 0.233 e. The van der Waals surface area contributed by atoms with E-state index in [0.717, 1.165) is 29.4 Å². The molecule has 0 radical (unpaired) electrons. The van der Waals surface area contributed by atoms with E-state index < -0.39 is 0 Å². The second-order valence-electron chi connectivity index (χ2n) is 6.10. The van der Waals surface area contributed by atoms with Gasteiger partial charge in [-0.15, -0.1) is 11.8 Å². The van der Waals surface area contributed by atoms with Gasteiger partial charge in [0.2, 0.25) is 5.91 Å². The predicted molar refractivity (Wildman–Crippen MR) is 87.3 cm³/mol. The highest BCUT2D eigenvalue weighted by Gasteiger charge is 2.35. The normalized spacial score (nSPS) is 19.9. The monoisotopic (exact) mass is 313 g/mol. The van der Waals surface area contributed by atoms with Gasteiger partial charge in [-0.25, -0.2) is 0 Å². The van der Waals surface area contributed by atoms with E-state index in [0.29, 0.717) is 5.75 Å². The van der Waals surface area contributed by atoms with Crippen LogP contribution in [0.2, 0.25) is 0 Å². The van der Waals surface area contributed by atoms with E-state index in [9.17, 15) is 4.79 Å². The van der Waals surface area contributed by atoms with Crippen LogP contribution in [-0.4, -0.2) is 33.6 Å². The first kappa shape index (κ1) is 15.8. The zero-order valence-corrected chi connectivity index (χ0v) is 14.5. The molecule has 0 saturated carbocycles. The molecular weight excluding hydrogens is 290 g/mol. The summed E-state index contributed by atoms with van der Waals surface area (Å²) in [4.78, 5) is 14.0. The van der Waals surface area contributed by atoms with Crippen LogP contribution < -0.4 is 0 Å². The molecule has 1 atom stereocenters. The number of hydrogen-bond donors (Lipinski definition) is 0. The average Bonchev–Trinajstić information content (AvgIpc) is 2.83. The molecule has 1 aliphatic rings. The zero-order valence-electron chi connectivity index (χ0n) is 12.9. The largest absolute Gasteiger partial charge is 0.463 e. The van der Waals surface area contributed by atoms with Crippen LogP contribution in [0.15, 0.2) is 10.5 Å². The van der Waals surface area contributed by atoms with Crippen molar-refractivity contribution in [3.63, 3.8) is 0 Å². The number of furan rings is 1.